The van der Waals surface area contributed by atoms with Crippen LogP contribution in [0.4, 0.5) is 0 Å². The number of rotatable bonds is 58. The number of carbonyl (C=O) groups excluding carboxylic acids is 3. The zero-order valence-corrected chi connectivity index (χ0v) is 52.7. The molecule has 0 saturated heterocycles. The van der Waals surface area contributed by atoms with Crippen molar-refractivity contribution in [2.24, 2.45) is 0 Å². The highest BCUT2D eigenvalue weighted by molar-refractivity contribution is 5.71. The Bertz CT molecular complexity index is 1870. The molecule has 82 heavy (non-hydrogen) atoms. The maximum Gasteiger partial charge on any atom is 0.306 e. The monoisotopic (exact) mass is 1130 g/mol. The van der Waals surface area contributed by atoms with Gasteiger partial charge in [-0.3, -0.25) is 14.4 Å². The van der Waals surface area contributed by atoms with E-state index in [-0.39, 0.29) is 31.1 Å². The number of carbonyl (C=O) groups is 3. The minimum atomic E-state index is -0.810. The summed E-state index contributed by atoms with van der Waals surface area (Å²) in [4.78, 5) is 38.4. The van der Waals surface area contributed by atoms with Crippen molar-refractivity contribution in [3.05, 3.63) is 170 Å². The molecule has 0 saturated carbocycles. The van der Waals surface area contributed by atoms with E-state index in [0.29, 0.717) is 19.3 Å². The van der Waals surface area contributed by atoms with Crippen molar-refractivity contribution in [2.75, 3.05) is 13.2 Å². The molecule has 0 bridgehead atoms. The first-order valence-corrected chi connectivity index (χ1v) is 33.1. The van der Waals surface area contributed by atoms with Gasteiger partial charge in [0.2, 0.25) is 0 Å². The van der Waals surface area contributed by atoms with Crippen LogP contribution in [0.3, 0.4) is 0 Å². The fourth-order valence-corrected chi connectivity index (χ4v) is 8.52. The fraction of sp³-hybridized carbons (Fsp3) is 0.592. The van der Waals surface area contributed by atoms with E-state index in [9.17, 15) is 14.4 Å². The van der Waals surface area contributed by atoms with Gasteiger partial charge in [0.05, 0.1) is 0 Å². The summed E-state index contributed by atoms with van der Waals surface area (Å²) in [7, 11) is 0. The molecule has 1 atom stereocenters. The summed E-state index contributed by atoms with van der Waals surface area (Å²) in [5.41, 5.74) is 0. The van der Waals surface area contributed by atoms with Gasteiger partial charge in [0.1, 0.15) is 13.2 Å². The van der Waals surface area contributed by atoms with Crippen molar-refractivity contribution < 1.29 is 28.6 Å². The molecule has 0 fully saturated rings. The first-order valence-electron chi connectivity index (χ1n) is 33.1. The van der Waals surface area contributed by atoms with Gasteiger partial charge in [-0.15, -0.1) is 0 Å². The Hall–Kier alpha value is -5.23. The Labute approximate surface area is 504 Å². The third-order valence-corrected chi connectivity index (χ3v) is 13.4. The van der Waals surface area contributed by atoms with Crippen molar-refractivity contribution in [2.45, 2.75) is 277 Å². The van der Waals surface area contributed by atoms with Crippen molar-refractivity contribution in [3.8, 4) is 0 Å². The van der Waals surface area contributed by atoms with Crippen LogP contribution in [0.2, 0.25) is 0 Å². The van der Waals surface area contributed by atoms with Gasteiger partial charge in [-0.05, 0) is 148 Å². The Morgan fingerprint density at radius 2 is 0.476 bits per heavy atom. The molecule has 0 N–H and O–H groups in total. The molecule has 0 spiro atoms. The standard InChI is InChI=1S/C76H120O6/c1-4-7-10-13-16-19-22-25-28-30-32-34-35-36-37-38-39-40-41-43-44-46-48-51-54-57-60-63-66-69-75(78)81-72-73(71-80-74(77)68-65-62-59-56-53-50-27-24-21-18-15-12-9-6-3)82-76(79)70-67-64-61-58-55-52-49-47-45-42-33-31-29-26-23-20-17-14-11-8-5-2/h7-8,10-11,15-20,24-29,32-34,36-37,39-40,42-44,48,51,73H,4-6,9,12-14,21-23,30-31,35,38,41,45-47,49-50,52-72H2,1-3H3/b10-7-,11-8-,18-15-,19-16-,20-17-,27-24-,28-25-,29-26-,34-32-,37-36-,40-39-,42-33-,44-43-,51-48-. The van der Waals surface area contributed by atoms with Crippen LogP contribution in [0, 0.1) is 0 Å². The first-order chi connectivity index (χ1) is 40.5. The molecule has 0 aliphatic heterocycles. The van der Waals surface area contributed by atoms with Crippen LogP contribution >= 0.6 is 0 Å². The Kier molecular flexibility index (Phi) is 63.9. The summed E-state index contributed by atoms with van der Waals surface area (Å²) < 4.78 is 16.9. The van der Waals surface area contributed by atoms with Gasteiger partial charge in [0.25, 0.3) is 0 Å². The van der Waals surface area contributed by atoms with Gasteiger partial charge in [-0.2, -0.15) is 0 Å². The zero-order valence-electron chi connectivity index (χ0n) is 52.7. The third kappa shape index (κ3) is 65.6. The van der Waals surface area contributed by atoms with Crippen molar-refractivity contribution in [3.63, 3.8) is 0 Å². The van der Waals surface area contributed by atoms with Crippen LogP contribution in [0.1, 0.15) is 271 Å². The molecule has 0 amide bonds. The highest BCUT2D eigenvalue weighted by Gasteiger charge is 2.19. The predicted octanol–water partition coefficient (Wildman–Crippen LogP) is 23.0. The lowest BCUT2D eigenvalue weighted by Crippen LogP contribution is -2.30. The summed E-state index contributed by atoms with van der Waals surface area (Å²) in [6, 6.07) is 0. The molecule has 0 aliphatic rings. The summed E-state index contributed by atoms with van der Waals surface area (Å²) in [5.74, 6) is -0.954. The number of unbranched alkanes of at least 4 members (excludes halogenated alkanes) is 19. The smallest absolute Gasteiger partial charge is 0.306 e. The third-order valence-electron chi connectivity index (χ3n) is 13.4. The quantitative estimate of drug-likeness (QED) is 0.0261. The molecule has 0 heterocycles. The number of hydrogen-bond acceptors (Lipinski definition) is 6. The molecule has 0 aromatic carbocycles. The largest absolute Gasteiger partial charge is 0.462 e. The molecule has 6 nitrogen and oxygen atoms in total. The minimum absolute atomic E-state index is 0.104. The van der Waals surface area contributed by atoms with E-state index in [4.69, 9.17) is 14.2 Å². The van der Waals surface area contributed by atoms with Gasteiger partial charge in [-0.1, -0.05) is 274 Å². The molecule has 6 heteroatoms. The Balaban J connectivity index is 4.45. The van der Waals surface area contributed by atoms with E-state index in [1.807, 2.05) is 0 Å². The van der Waals surface area contributed by atoms with Crippen molar-refractivity contribution in [1.82, 2.24) is 0 Å². The van der Waals surface area contributed by atoms with Crippen LogP contribution in [0.5, 0.6) is 0 Å². The molecule has 460 valence electrons. The molecule has 1 unspecified atom stereocenters. The second-order valence-corrected chi connectivity index (χ2v) is 21.3. The van der Waals surface area contributed by atoms with Crippen LogP contribution in [0.25, 0.3) is 0 Å². The van der Waals surface area contributed by atoms with E-state index in [1.54, 1.807) is 0 Å². The van der Waals surface area contributed by atoms with E-state index in [1.165, 1.54) is 51.4 Å². The summed E-state index contributed by atoms with van der Waals surface area (Å²) in [6.07, 6.45) is 101. The van der Waals surface area contributed by atoms with E-state index in [0.717, 1.165) is 180 Å². The minimum Gasteiger partial charge on any atom is -0.462 e. The number of allylic oxidation sites excluding steroid dienone is 28. The van der Waals surface area contributed by atoms with E-state index >= 15 is 0 Å². The van der Waals surface area contributed by atoms with Gasteiger partial charge >= 0.3 is 17.9 Å². The second kappa shape index (κ2) is 68.3. The second-order valence-electron chi connectivity index (χ2n) is 21.3. The molecule has 0 aromatic rings. The molecular formula is C76H120O6. The lowest BCUT2D eigenvalue weighted by Gasteiger charge is -2.18. The van der Waals surface area contributed by atoms with Crippen molar-refractivity contribution >= 4 is 17.9 Å². The fourth-order valence-electron chi connectivity index (χ4n) is 8.52. The number of esters is 3. The lowest BCUT2D eigenvalue weighted by molar-refractivity contribution is -0.167. The van der Waals surface area contributed by atoms with Gasteiger partial charge < -0.3 is 14.2 Å². The zero-order chi connectivity index (χ0) is 59.2. The van der Waals surface area contributed by atoms with Crippen LogP contribution in [-0.4, -0.2) is 37.2 Å². The Morgan fingerprint density at radius 1 is 0.256 bits per heavy atom. The van der Waals surface area contributed by atoms with E-state index < -0.39 is 6.10 Å². The van der Waals surface area contributed by atoms with Gasteiger partial charge in [0.15, 0.2) is 6.10 Å². The average Bonchev–Trinajstić information content (AvgIpc) is 3.47. The molecular weight excluding hydrogens is 1010 g/mol. The van der Waals surface area contributed by atoms with Crippen LogP contribution in [0.15, 0.2) is 170 Å². The number of hydrogen-bond donors (Lipinski definition) is 0. The van der Waals surface area contributed by atoms with Gasteiger partial charge in [0, 0.05) is 19.3 Å². The van der Waals surface area contributed by atoms with Crippen LogP contribution < -0.4 is 0 Å². The normalized spacial score (nSPS) is 13.3. The van der Waals surface area contributed by atoms with Gasteiger partial charge in [-0.25, -0.2) is 0 Å². The topological polar surface area (TPSA) is 78.9 Å². The predicted molar refractivity (Wildman–Crippen MR) is 357 cm³/mol. The summed E-state index contributed by atoms with van der Waals surface area (Å²) >= 11 is 0. The highest BCUT2D eigenvalue weighted by Crippen LogP contribution is 2.14. The summed E-state index contributed by atoms with van der Waals surface area (Å²) in [6.45, 7) is 6.33. The Morgan fingerprint density at radius 3 is 0.744 bits per heavy atom. The maximum atomic E-state index is 12.9. The first kappa shape index (κ1) is 76.8. The average molecular weight is 1130 g/mol. The highest BCUT2D eigenvalue weighted by atomic mass is 16.6. The van der Waals surface area contributed by atoms with E-state index in [2.05, 4.69) is 191 Å². The number of ether oxygens (including phenoxy) is 3. The lowest BCUT2D eigenvalue weighted by atomic mass is 10.1. The SMILES string of the molecule is CC/C=C\C/C=C\C/C=C\C/C=C\C/C=C\C/C=C\C/C=C\C/C=C\CCCCCCC(=O)OCC(COC(=O)CCCCCCC/C=C\C/C=C\CCCC)OC(=O)CCCCCCCCCC/C=C\C/C=C\C/C=C\C/C=C\CC. The molecule has 0 aromatic heterocycles. The summed E-state index contributed by atoms with van der Waals surface area (Å²) in [5, 5.41) is 0. The van der Waals surface area contributed by atoms with Crippen molar-refractivity contribution in [1.29, 1.82) is 0 Å². The molecule has 0 aliphatic carbocycles. The molecule has 0 radical (unpaired) electrons. The maximum absolute atomic E-state index is 12.9. The van der Waals surface area contributed by atoms with Crippen LogP contribution in [-0.2, 0) is 28.6 Å². The molecule has 0 rings (SSSR count).